The molecule has 1 saturated heterocycles. The summed E-state index contributed by atoms with van der Waals surface area (Å²) < 4.78 is 25.0. The monoisotopic (exact) mass is 309 g/mol. The summed E-state index contributed by atoms with van der Waals surface area (Å²) in [5.74, 6) is -1.49. The number of hydrogen-bond donors (Lipinski definition) is 4. The number of rotatable bonds is 6. The van der Waals surface area contributed by atoms with E-state index in [2.05, 4.69) is 10.0 Å². The number of amides is 2. The molecule has 0 radical (unpaired) electrons. The van der Waals surface area contributed by atoms with Gasteiger partial charge in [0, 0.05) is 26.1 Å². The van der Waals surface area contributed by atoms with Crippen molar-refractivity contribution < 1.29 is 28.2 Å². The van der Waals surface area contributed by atoms with E-state index in [0.717, 1.165) is 4.90 Å². The number of sulfonamides is 1. The fourth-order valence-electron chi connectivity index (χ4n) is 1.96. The van der Waals surface area contributed by atoms with Crippen molar-refractivity contribution >= 4 is 22.0 Å². The van der Waals surface area contributed by atoms with E-state index < -0.39 is 34.2 Å². The molecule has 1 heterocycles. The number of carboxylic acid groups (broad SMARTS) is 1. The van der Waals surface area contributed by atoms with E-state index in [-0.39, 0.29) is 31.8 Å². The summed E-state index contributed by atoms with van der Waals surface area (Å²) in [6, 6.07) is -1.78. The summed E-state index contributed by atoms with van der Waals surface area (Å²) in [6.07, 6.45) is -0.911. The SMILES string of the molecule is CCNS(=O)(=O)CCNC(=O)N1CC(O)C[C@H]1C(=O)O. The number of likely N-dealkylation sites (tertiary alicyclic amines) is 1. The highest BCUT2D eigenvalue weighted by atomic mass is 32.2. The third-order valence-corrected chi connectivity index (χ3v) is 4.31. The van der Waals surface area contributed by atoms with Crippen molar-refractivity contribution in [3.63, 3.8) is 0 Å². The predicted molar refractivity (Wildman–Crippen MR) is 69.6 cm³/mol. The fraction of sp³-hybridized carbons (Fsp3) is 0.800. The number of carbonyl (C=O) groups excluding carboxylic acids is 1. The molecule has 0 aromatic heterocycles. The van der Waals surface area contributed by atoms with Gasteiger partial charge in [-0.25, -0.2) is 22.7 Å². The van der Waals surface area contributed by atoms with Crippen molar-refractivity contribution in [1.82, 2.24) is 14.9 Å². The fourth-order valence-corrected chi connectivity index (χ4v) is 2.91. The van der Waals surface area contributed by atoms with Crippen LogP contribution < -0.4 is 10.0 Å². The minimum absolute atomic E-state index is 0.0293. The minimum Gasteiger partial charge on any atom is -0.480 e. The van der Waals surface area contributed by atoms with Gasteiger partial charge in [-0.1, -0.05) is 6.92 Å². The van der Waals surface area contributed by atoms with Crippen LogP contribution in [0.4, 0.5) is 4.79 Å². The number of urea groups is 1. The topological polar surface area (TPSA) is 136 Å². The summed E-state index contributed by atoms with van der Waals surface area (Å²) in [4.78, 5) is 23.7. The van der Waals surface area contributed by atoms with Crippen LogP contribution in [0.25, 0.3) is 0 Å². The molecule has 0 bridgehead atoms. The average Bonchev–Trinajstić information content (AvgIpc) is 2.71. The number of carbonyl (C=O) groups is 2. The van der Waals surface area contributed by atoms with Crippen molar-refractivity contribution in [2.45, 2.75) is 25.5 Å². The third-order valence-electron chi connectivity index (χ3n) is 2.84. The molecular weight excluding hydrogens is 290 g/mol. The maximum absolute atomic E-state index is 11.8. The lowest BCUT2D eigenvalue weighted by molar-refractivity contribution is -0.141. The van der Waals surface area contributed by atoms with Gasteiger partial charge in [0.25, 0.3) is 0 Å². The smallest absolute Gasteiger partial charge is 0.326 e. The van der Waals surface area contributed by atoms with Gasteiger partial charge in [0.2, 0.25) is 10.0 Å². The number of hydrogen-bond acceptors (Lipinski definition) is 5. The van der Waals surface area contributed by atoms with Gasteiger partial charge in [-0.2, -0.15) is 0 Å². The molecule has 0 saturated carbocycles. The number of aliphatic hydroxyl groups excluding tert-OH is 1. The van der Waals surface area contributed by atoms with Gasteiger partial charge in [0.15, 0.2) is 0 Å². The molecule has 4 N–H and O–H groups in total. The maximum atomic E-state index is 11.8. The summed E-state index contributed by atoms with van der Waals surface area (Å²) in [5.41, 5.74) is 0. The quantitative estimate of drug-likeness (QED) is 0.455. The van der Waals surface area contributed by atoms with Gasteiger partial charge in [-0.15, -0.1) is 0 Å². The Morgan fingerprint density at radius 3 is 2.60 bits per heavy atom. The first-order valence-electron chi connectivity index (χ1n) is 6.19. The van der Waals surface area contributed by atoms with Gasteiger partial charge in [0.05, 0.1) is 11.9 Å². The second-order valence-electron chi connectivity index (χ2n) is 4.44. The first-order valence-corrected chi connectivity index (χ1v) is 7.84. The van der Waals surface area contributed by atoms with Gasteiger partial charge in [-0.3, -0.25) is 0 Å². The Balaban J connectivity index is 2.48. The van der Waals surface area contributed by atoms with E-state index >= 15 is 0 Å². The zero-order valence-electron chi connectivity index (χ0n) is 11.1. The van der Waals surface area contributed by atoms with Crippen LogP contribution in [0.3, 0.4) is 0 Å². The molecule has 9 nitrogen and oxygen atoms in total. The molecule has 0 aliphatic carbocycles. The molecule has 2 amide bonds. The van der Waals surface area contributed by atoms with E-state index in [1.165, 1.54) is 0 Å². The summed E-state index contributed by atoms with van der Waals surface area (Å²) in [6.45, 7) is 1.69. The molecule has 1 rings (SSSR count). The van der Waals surface area contributed by atoms with Gasteiger partial charge in [-0.05, 0) is 0 Å². The lowest BCUT2D eigenvalue weighted by Crippen LogP contribution is -2.47. The molecule has 0 aromatic rings. The molecule has 116 valence electrons. The summed E-state index contributed by atoms with van der Waals surface area (Å²) >= 11 is 0. The normalized spacial score (nSPS) is 22.8. The minimum atomic E-state index is -3.44. The molecule has 20 heavy (non-hydrogen) atoms. The molecule has 1 aliphatic rings. The van der Waals surface area contributed by atoms with Crippen molar-refractivity contribution in [2.24, 2.45) is 0 Å². The van der Waals surface area contributed by atoms with Crippen LogP contribution in [0.5, 0.6) is 0 Å². The highest BCUT2D eigenvalue weighted by Gasteiger charge is 2.38. The Morgan fingerprint density at radius 1 is 1.40 bits per heavy atom. The maximum Gasteiger partial charge on any atom is 0.326 e. The first-order chi connectivity index (χ1) is 9.26. The van der Waals surface area contributed by atoms with Crippen LogP contribution in [0.15, 0.2) is 0 Å². The number of carboxylic acids is 1. The van der Waals surface area contributed by atoms with Crippen molar-refractivity contribution in [3.8, 4) is 0 Å². The summed E-state index contributed by atoms with van der Waals surface area (Å²) in [5, 5.41) is 20.7. The van der Waals surface area contributed by atoms with Crippen molar-refractivity contribution in [1.29, 1.82) is 0 Å². The molecule has 0 spiro atoms. The summed E-state index contributed by atoms with van der Waals surface area (Å²) in [7, 11) is -3.44. The van der Waals surface area contributed by atoms with Crippen LogP contribution in [0, 0.1) is 0 Å². The number of nitrogens with one attached hydrogen (secondary N) is 2. The number of β-amino-alcohol motifs (C(OH)–C–C–N with tert-alkyl or cyclic N) is 1. The van der Waals surface area contributed by atoms with E-state index in [1.54, 1.807) is 6.92 Å². The van der Waals surface area contributed by atoms with Gasteiger partial charge in [0.1, 0.15) is 6.04 Å². The number of aliphatic carboxylic acids is 1. The van der Waals surface area contributed by atoms with Crippen LogP contribution in [-0.2, 0) is 14.8 Å². The first kappa shape index (κ1) is 16.7. The molecular formula is C10H19N3O6S. The van der Waals surface area contributed by atoms with Gasteiger partial charge >= 0.3 is 12.0 Å². The van der Waals surface area contributed by atoms with Crippen LogP contribution in [0.2, 0.25) is 0 Å². The molecule has 0 aromatic carbocycles. The molecule has 1 aliphatic heterocycles. The predicted octanol–water partition coefficient (Wildman–Crippen LogP) is -1.84. The van der Waals surface area contributed by atoms with Crippen LogP contribution in [0.1, 0.15) is 13.3 Å². The Labute approximate surface area is 117 Å². The zero-order valence-corrected chi connectivity index (χ0v) is 11.9. The number of nitrogens with zero attached hydrogens (tertiary/aromatic N) is 1. The van der Waals surface area contributed by atoms with Crippen molar-refractivity contribution in [2.75, 3.05) is 25.4 Å². The zero-order chi connectivity index (χ0) is 15.3. The molecule has 10 heteroatoms. The highest BCUT2D eigenvalue weighted by molar-refractivity contribution is 7.89. The molecule has 1 unspecified atom stereocenters. The third kappa shape index (κ3) is 4.62. The highest BCUT2D eigenvalue weighted by Crippen LogP contribution is 2.17. The lowest BCUT2D eigenvalue weighted by Gasteiger charge is -2.21. The standard InChI is InChI=1S/C10H19N3O6S/c1-2-12-20(18,19)4-3-11-10(17)13-6-7(14)5-8(13)9(15)16/h7-8,12,14H,2-6H2,1H3,(H,11,17)(H,15,16)/t7?,8-/m0/s1. The van der Waals surface area contributed by atoms with E-state index in [0.29, 0.717) is 0 Å². The van der Waals surface area contributed by atoms with E-state index in [4.69, 9.17) is 5.11 Å². The lowest BCUT2D eigenvalue weighted by atomic mass is 10.2. The Morgan fingerprint density at radius 2 is 2.05 bits per heavy atom. The van der Waals surface area contributed by atoms with E-state index in [9.17, 15) is 23.1 Å². The van der Waals surface area contributed by atoms with Gasteiger partial charge < -0.3 is 20.4 Å². The van der Waals surface area contributed by atoms with Crippen molar-refractivity contribution in [3.05, 3.63) is 0 Å². The average molecular weight is 309 g/mol. The molecule has 2 atom stereocenters. The Hall–Kier alpha value is -1.39. The van der Waals surface area contributed by atoms with Crippen LogP contribution in [-0.4, -0.2) is 73.1 Å². The second-order valence-corrected chi connectivity index (χ2v) is 6.37. The second kappa shape index (κ2) is 6.86. The largest absolute Gasteiger partial charge is 0.480 e. The van der Waals surface area contributed by atoms with E-state index in [1.807, 2.05) is 0 Å². The van der Waals surface area contributed by atoms with Crippen LogP contribution >= 0.6 is 0 Å². The molecule has 1 fully saturated rings. The Kier molecular flexibility index (Phi) is 5.72. The Bertz CT molecular complexity index is 466. The number of aliphatic hydroxyl groups is 1.